The largest absolute Gasteiger partial charge is 0.494 e. The molecule has 1 saturated heterocycles. The van der Waals surface area contributed by atoms with Gasteiger partial charge in [-0.15, -0.1) is 0 Å². The van der Waals surface area contributed by atoms with Crippen LogP contribution in [0.1, 0.15) is 18.1 Å². The van der Waals surface area contributed by atoms with Crippen LogP contribution in [0.4, 0.5) is 23.4 Å². The zero-order valence-electron chi connectivity index (χ0n) is 18.8. The second-order valence-corrected chi connectivity index (χ2v) is 8.43. The second kappa shape index (κ2) is 8.81. The molecule has 0 amide bonds. The van der Waals surface area contributed by atoms with Crippen molar-refractivity contribution in [1.29, 1.82) is 0 Å². The third-order valence-electron chi connectivity index (χ3n) is 5.81. The Morgan fingerprint density at radius 3 is 2.46 bits per heavy atom. The number of para-hydroxylation sites is 1. The Kier molecular flexibility index (Phi) is 5.79. The van der Waals surface area contributed by atoms with Gasteiger partial charge in [0.05, 0.1) is 31.8 Å². The lowest BCUT2D eigenvalue weighted by Gasteiger charge is -2.38. The van der Waals surface area contributed by atoms with Gasteiger partial charge in [-0.3, -0.25) is 9.58 Å². The molecule has 3 heterocycles. The van der Waals surface area contributed by atoms with Crippen LogP contribution in [-0.2, 0) is 13.1 Å². The van der Waals surface area contributed by atoms with Gasteiger partial charge in [-0.1, -0.05) is 18.2 Å². The highest BCUT2D eigenvalue weighted by Gasteiger charge is 2.43. The van der Waals surface area contributed by atoms with E-state index in [0.29, 0.717) is 22.2 Å². The number of nitrogen functional groups attached to an aromatic ring is 1. The molecule has 0 aliphatic carbocycles. The Labute approximate surface area is 198 Å². The van der Waals surface area contributed by atoms with E-state index in [9.17, 15) is 17.6 Å². The summed E-state index contributed by atoms with van der Waals surface area (Å²) >= 11 is 0. The number of aromatic nitrogens is 4. The fraction of sp³-hybridized carbons (Fsp3) is 0.292. The minimum absolute atomic E-state index is 0.114. The number of nitrogens with two attached hydrogens (primary N) is 1. The maximum Gasteiger partial charge on any atom is 0.272 e. The van der Waals surface area contributed by atoms with Crippen LogP contribution >= 0.6 is 0 Å². The smallest absolute Gasteiger partial charge is 0.272 e. The van der Waals surface area contributed by atoms with Gasteiger partial charge in [0.15, 0.2) is 5.82 Å². The zero-order valence-corrected chi connectivity index (χ0v) is 18.8. The van der Waals surface area contributed by atoms with Crippen molar-refractivity contribution in [2.45, 2.75) is 25.9 Å². The number of hydrogen-bond acceptors (Lipinski definition) is 6. The molecule has 4 aromatic rings. The van der Waals surface area contributed by atoms with Crippen LogP contribution in [0, 0.1) is 11.6 Å². The van der Waals surface area contributed by atoms with Crippen molar-refractivity contribution in [1.82, 2.24) is 24.6 Å². The molecule has 0 radical (unpaired) electrons. The summed E-state index contributed by atoms with van der Waals surface area (Å²) < 4.78 is 62.3. The first-order valence-electron chi connectivity index (χ1n) is 11.0. The van der Waals surface area contributed by atoms with Crippen LogP contribution in [0.15, 0.2) is 42.6 Å². The van der Waals surface area contributed by atoms with Gasteiger partial charge in [0.1, 0.15) is 28.9 Å². The predicted octanol–water partition coefficient (Wildman–Crippen LogP) is 4.25. The Morgan fingerprint density at radius 1 is 1.09 bits per heavy atom. The molecule has 0 spiro atoms. The number of anilines is 1. The van der Waals surface area contributed by atoms with E-state index in [0.717, 1.165) is 12.1 Å². The molecular formula is C24H22F4N6O. The average Bonchev–Trinajstić information content (AvgIpc) is 3.15. The Morgan fingerprint density at radius 2 is 1.80 bits per heavy atom. The Bertz CT molecular complexity index is 1380. The average molecular weight is 486 g/mol. The number of hydrogen-bond donors (Lipinski definition) is 1. The summed E-state index contributed by atoms with van der Waals surface area (Å²) in [5.41, 5.74) is 7.49. The predicted molar refractivity (Wildman–Crippen MR) is 122 cm³/mol. The summed E-state index contributed by atoms with van der Waals surface area (Å²) in [7, 11) is 0. The van der Waals surface area contributed by atoms with Crippen molar-refractivity contribution in [3.8, 4) is 17.3 Å². The highest BCUT2D eigenvalue weighted by Crippen LogP contribution is 2.31. The lowest BCUT2D eigenvalue weighted by Crippen LogP contribution is -2.55. The number of ether oxygens (including phenoxy) is 1. The van der Waals surface area contributed by atoms with Crippen LogP contribution in [0.3, 0.4) is 0 Å². The molecule has 0 bridgehead atoms. The SMILES string of the molecule is CCOc1cc(F)c(Cn2nc(-c3ncc(CN4CC(F)(F)C4)c(N)n3)c3ccccc32)c(F)c1. The van der Waals surface area contributed by atoms with E-state index in [1.165, 1.54) is 10.9 Å². The summed E-state index contributed by atoms with van der Waals surface area (Å²) in [5.74, 6) is -3.66. The topological polar surface area (TPSA) is 82.1 Å². The molecule has 2 aromatic heterocycles. The van der Waals surface area contributed by atoms with Crippen LogP contribution in [0.5, 0.6) is 5.75 Å². The first-order chi connectivity index (χ1) is 16.7. The van der Waals surface area contributed by atoms with Gasteiger partial charge >= 0.3 is 0 Å². The second-order valence-electron chi connectivity index (χ2n) is 8.43. The molecule has 0 unspecified atom stereocenters. The van der Waals surface area contributed by atoms with Crippen LogP contribution in [0.25, 0.3) is 22.4 Å². The van der Waals surface area contributed by atoms with Gasteiger partial charge in [0.2, 0.25) is 0 Å². The lowest BCUT2D eigenvalue weighted by atomic mass is 10.1. The summed E-state index contributed by atoms with van der Waals surface area (Å²) in [6, 6.07) is 9.46. The monoisotopic (exact) mass is 486 g/mol. The van der Waals surface area contributed by atoms with E-state index >= 15 is 0 Å². The Hall–Kier alpha value is -3.73. The highest BCUT2D eigenvalue weighted by atomic mass is 19.3. The number of alkyl halides is 2. The molecule has 11 heteroatoms. The number of benzene rings is 2. The molecule has 182 valence electrons. The van der Waals surface area contributed by atoms with Gasteiger partial charge in [0.25, 0.3) is 5.92 Å². The molecule has 0 atom stereocenters. The summed E-state index contributed by atoms with van der Waals surface area (Å²) in [5, 5.41) is 5.21. The molecule has 7 nitrogen and oxygen atoms in total. The van der Waals surface area contributed by atoms with Gasteiger partial charge < -0.3 is 10.5 Å². The quantitative estimate of drug-likeness (QED) is 0.394. The normalized spacial score (nSPS) is 15.3. The van der Waals surface area contributed by atoms with E-state index < -0.39 is 17.6 Å². The van der Waals surface area contributed by atoms with Crippen molar-refractivity contribution in [2.75, 3.05) is 25.4 Å². The van der Waals surface area contributed by atoms with Gasteiger partial charge in [-0.25, -0.2) is 27.5 Å². The standard InChI is InChI=1S/C24H22F4N6O/c1-2-35-15-7-18(25)17(19(26)8-15)11-34-20-6-4-3-5-16(20)21(32-34)23-30-9-14(22(29)31-23)10-33-12-24(27,28)13-33/h3-9H,2,10-13H2,1H3,(H2,29,30,31). The zero-order chi connectivity index (χ0) is 24.7. The fourth-order valence-electron chi connectivity index (χ4n) is 4.16. The molecule has 1 aliphatic heterocycles. The third-order valence-corrected chi connectivity index (χ3v) is 5.81. The number of nitrogens with zero attached hydrogens (tertiary/aromatic N) is 5. The minimum atomic E-state index is -2.68. The molecule has 2 N–H and O–H groups in total. The molecule has 1 aliphatic rings. The lowest BCUT2D eigenvalue weighted by molar-refractivity contribution is -0.133. The van der Waals surface area contributed by atoms with Gasteiger partial charge in [0, 0.05) is 41.4 Å². The van der Waals surface area contributed by atoms with Crippen LogP contribution in [0.2, 0.25) is 0 Å². The van der Waals surface area contributed by atoms with E-state index in [-0.39, 0.29) is 55.7 Å². The van der Waals surface area contributed by atoms with Crippen molar-refractivity contribution in [3.63, 3.8) is 0 Å². The first kappa shape index (κ1) is 23.0. The first-order valence-corrected chi connectivity index (χ1v) is 11.0. The minimum Gasteiger partial charge on any atom is -0.494 e. The molecular weight excluding hydrogens is 464 g/mol. The number of likely N-dealkylation sites (tertiary alicyclic amines) is 1. The Balaban J connectivity index is 1.47. The summed E-state index contributed by atoms with van der Waals surface area (Å²) in [6.45, 7) is 1.40. The van der Waals surface area contributed by atoms with Crippen molar-refractivity contribution in [3.05, 3.63) is 65.4 Å². The maximum atomic E-state index is 14.7. The fourth-order valence-corrected chi connectivity index (χ4v) is 4.16. The van der Waals surface area contributed by atoms with Crippen LogP contribution < -0.4 is 10.5 Å². The van der Waals surface area contributed by atoms with E-state index in [4.69, 9.17) is 10.5 Å². The molecule has 35 heavy (non-hydrogen) atoms. The van der Waals surface area contributed by atoms with Crippen molar-refractivity contribution >= 4 is 16.7 Å². The molecule has 2 aromatic carbocycles. The van der Waals surface area contributed by atoms with E-state index in [2.05, 4.69) is 15.1 Å². The van der Waals surface area contributed by atoms with E-state index in [1.807, 2.05) is 0 Å². The van der Waals surface area contributed by atoms with Crippen molar-refractivity contribution < 1.29 is 22.3 Å². The number of rotatable bonds is 7. The maximum absolute atomic E-state index is 14.7. The summed E-state index contributed by atoms with van der Waals surface area (Å²) in [6.07, 6.45) is 1.49. The third kappa shape index (κ3) is 4.51. The van der Waals surface area contributed by atoms with Crippen LogP contribution in [-0.4, -0.2) is 50.3 Å². The van der Waals surface area contributed by atoms with Gasteiger partial charge in [-0.2, -0.15) is 5.10 Å². The highest BCUT2D eigenvalue weighted by molar-refractivity contribution is 5.91. The van der Waals surface area contributed by atoms with Crippen molar-refractivity contribution in [2.24, 2.45) is 0 Å². The molecule has 5 rings (SSSR count). The van der Waals surface area contributed by atoms with Gasteiger partial charge in [-0.05, 0) is 13.0 Å². The number of halogens is 4. The number of fused-ring (bicyclic) bond motifs is 1. The summed E-state index contributed by atoms with van der Waals surface area (Å²) in [4.78, 5) is 10.2. The molecule has 0 saturated carbocycles. The molecule has 1 fully saturated rings. The van der Waals surface area contributed by atoms with E-state index in [1.54, 1.807) is 36.1 Å².